The van der Waals surface area contributed by atoms with Gasteiger partial charge in [-0.3, -0.25) is 10.1 Å². The summed E-state index contributed by atoms with van der Waals surface area (Å²) in [6.07, 6.45) is 3.31. The average Bonchev–Trinajstić information content (AvgIpc) is 1.88. The van der Waals surface area contributed by atoms with Gasteiger partial charge in [0.25, 0.3) is 0 Å². The molecule has 1 rings (SSSR count). The standard InChI is InChI=1S/C6H9BrNO2/c7-5-2-1-3-6(4-5)8(9)10/h6H,1-4H2. The van der Waals surface area contributed by atoms with Crippen molar-refractivity contribution in [2.45, 2.75) is 31.7 Å². The number of hydrogen-bond donors (Lipinski definition) is 0. The maximum Gasteiger partial charge on any atom is 0.214 e. The molecule has 3 nitrogen and oxygen atoms in total. The first-order chi connectivity index (χ1) is 4.70. The lowest BCUT2D eigenvalue weighted by molar-refractivity contribution is -0.524. The molecule has 1 saturated carbocycles. The molecule has 0 amide bonds. The molecule has 0 bridgehead atoms. The highest BCUT2D eigenvalue weighted by molar-refractivity contribution is 9.11. The van der Waals surface area contributed by atoms with Crippen molar-refractivity contribution in [2.75, 3.05) is 0 Å². The molecular formula is C6H9BrNO2. The van der Waals surface area contributed by atoms with Gasteiger partial charge < -0.3 is 0 Å². The summed E-state index contributed by atoms with van der Waals surface area (Å²) in [5.41, 5.74) is 0. The van der Waals surface area contributed by atoms with Gasteiger partial charge in [0.1, 0.15) is 0 Å². The molecule has 0 aromatic rings. The van der Waals surface area contributed by atoms with Crippen molar-refractivity contribution in [1.29, 1.82) is 0 Å². The molecule has 0 N–H and O–H groups in total. The minimum atomic E-state index is -0.330. The quantitative estimate of drug-likeness (QED) is 0.488. The molecular weight excluding hydrogens is 198 g/mol. The molecule has 0 saturated heterocycles. The second-order valence-electron chi connectivity index (χ2n) is 2.55. The van der Waals surface area contributed by atoms with Gasteiger partial charge in [-0.15, -0.1) is 0 Å². The van der Waals surface area contributed by atoms with E-state index >= 15 is 0 Å². The van der Waals surface area contributed by atoms with Crippen LogP contribution in [0, 0.1) is 14.9 Å². The Bertz CT molecular complexity index is 140. The van der Waals surface area contributed by atoms with Crippen molar-refractivity contribution >= 4 is 15.9 Å². The predicted octanol–water partition coefficient (Wildman–Crippen LogP) is 2.13. The Hall–Kier alpha value is -0.120. The number of halogens is 1. The molecule has 4 heteroatoms. The third-order valence-electron chi connectivity index (χ3n) is 1.74. The highest BCUT2D eigenvalue weighted by Crippen LogP contribution is 2.31. The average molecular weight is 207 g/mol. The van der Waals surface area contributed by atoms with Crippen LogP contribution in [0.1, 0.15) is 25.7 Å². The van der Waals surface area contributed by atoms with Crippen LogP contribution in [-0.4, -0.2) is 11.0 Å². The molecule has 1 aliphatic carbocycles. The Morgan fingerprint density at radius 2 is 2.40 bits per heavy atom. The van der Waals surface area contributed by atoms with Crippen LogP contribution in [0.5, 0.6) is 0 Å². The van der Waals surface area contributed by atoms with Crippen LogP contribution in [-0.2, 0) is 0 Å². The fourth-order valence-electron chi connectivity index (χ4n) is 1.17. The lowest BCUT2D eigenvalue weighted by atomic mass is 9.96. The fourth-order valence-corrected chi connectivity index (χ4v) is 1.82. The first kappa shape index (κ1) is 7.98. The normalized spacial score (nSPS) is 28.3. The van der Waals surface area contributed by atoms with Crippen LogP contribution < -0.4 is 0 Å². The maximum atomic E-state index is 10.3. The highest BCUT2D eigenvalue weighted by Gasteiger charge is 2.28. The van der Waals surface area contributed by atoms with E-state index in [4.69, 9.17) is 0 Å². The molecule has 0 aromatic carbocycles. The van der Waals surface area contributed by atoms with E-state index in [1.165, 1.54) is 0 Å². The van der Waals surface area contributed by atoms with E-state index in [2.05, 4.69) is 15.9 Å². The van der Waals surface area contributed by atoms with E-state index < -0.39 is 0 Å². The lowest BCUT2D eigenvalue weighted by Crippen LogP contribution is -2.24. The Morgan fingerprint density at radius 3 is 2.80 bits per heavy atom. The number of rotatable bonds is 1. The first-order valence-corrected chi connectivity index (χ1v) is 4.13. The summed E-state index contributed by atoms with van der Waals surface area (Å²) < 4.78 is 0. The van der Waals surface area contributed by atoms with Crippen LogP contribution in [0.2, 0.25) is 0 Å². The second-order valence-corrected chi connectivity index (χ2v) is 3.67. The smallest absolute Gasteiger partial charge is 0.214 e. The molecule has 0 aliphatic heterocycles. The van der Waals surface area contributed by atoms with Crippen LogP contribution in [0.25, 0.3) is 0 Å². The van der Waals surface area contributed by atoms with Gasteiger partial charge in [-0.1, -0.05) is 15.9 Å². The maximum absolute atomic E-state index is 10.3. The van der Waals surface area contributed by atoms with Crippen molar-refractivity contribution in [1.82, 2.24) is 0 Å². The molecule has 1 atom stereocenters. The summed E-state index contributed by atoms with van der Waals surface area (Å²) in [5.74, 6) is 0. The van der Waals surface area contributed by atoms with Gasteiger partial charge in [0, 0.05) is 22.6 Å². The number of nitro groups is 1. The Balaban J connectivity index is 2.39. The van der Waals surface area contributed by atoms with E-state index in [1.807, 2.05) is 0 Å². The molecule has 1 fully saturated rings. The minimum Gasteiger partial charge on any atom is -0.264 e. The van der Waals surface area contributed by atoms with E-state index in [0.717, 1.165) is 24.1 Å². The summed E-state index contributed by atoms with van der Waals surface area (Å²) >= 11 is 3.31. The highest BCUT2D eigenvalue weighted by atomic mass is 79.9. The van der Waals surface area contributed by atoms with Crippen LogP contribution in [0.15, 0.2) is 0 Å². The Labute approximate surface area is 68.1 Å². The van der Waals surface area contributed by atoms with Gasteiger partial charge in [0.2, 0.25) is 6.04 Å². The molecule has 0 aromatic heterocycles. The van der Waals surface area contributed by atoms with Crippen LogP contribution >= 0.6 is 15.9 Å². The molecule has 0 spiro atoms. The Morgan fingerprint density at radius 1 is 1.70 bits per heavy atom. The van der Waals surface area contributed by atoms with E-state index in [9.17, 15) is 10.1 Å². The predicted molar refractivity (Wildman–Crippen MR) is 41.4 cm³/mol. The van der Waals surface area contributed by atoms with Gasteiger partial charge in [-0.2, -0.15) is 0 Å². The third-order valence-corrected chi connectivity index (χ3v) is 2.46. The zero-order valence-electron chi connectivity index (χ0n) is 5.55. The molecule has 1 unspecified atom stereocenters. The largest absolute Gasteiger partial charge is 0.264 e. The summed E-state index contributed by atoms with van der Waals surface area (Å²) in [7, 11) is 0. The van der Waals surface area contributed by atoms with E-state index in [-0.39, 0.29) is 11.0 Å². The molecule has 1 aliphatic rings. The third kappa shape index (κ3) is 1.94. The summed E-state index contributed by atoms with van der Waals surface area (Å²) in [6.45, 7) is 0. The van der Waals surface area contributed by atoms with E-state index in [0.29, 0.717) is 6.42 Å². The molecule has 0 heterocycles. The Kier molecular flexibility index (Phi) is 2.65. The summed E-state index contributed by atoms with van der Waals surface area (Å²) in [6, 6.07) is -0.330. The summed E-state index contributed by atoms with van der Waals surface area (Å²) in [4.78, 5) is 11.2. The first-order valence-electron chi connectivity index (χ1n) is 3.34. The SMILES string of the molecule is O=[N+]([O-])C1CCC[C](Br)C1. The van der Waals surface area contributed by atoms with Crippen molar-refractivity contribution in [2.24, 2.45) is 0 Å². The van der Waals surface area contributed by atoms with Gasteiger partial charge in [-0.05, 0) is 12.8 Å². The zero-order chi connectivity index (χ0) is 7.56. The second kappa shape index (κ2) is 3.32. The monoisotopic (exact) mass is 206 g/mol. The van der Waals surface area contributed by atoms with Crippen molar-refractivity contribution in [3.05, 3.63) is 14.9 Å². The summed E-state index contributed by atoms with van der Waals surface area (Å²) in [5, 5.41) is 10.3. The number of hydrogen-bond acceptors (Lipinski definition) is 2. The molecule has 57 valence electrons. The van der Waals surface area contributed by atoms with Gasteiger partial charge in [-0.25, -0.2) is 0 Å². The van der Waals surface area contributed by atoms with Crippen molar-refractivity contribution in [3.8, 4) is 0 Å². The van der Waals surface area contributed by atoms with E-state index in [1.54, 1.807) is 0 Å². The lowest BCUT2D eigenvalue weighted by Gasteiger charge is -2.18. The fraction of sp³-hybridized carbons (Fsp3) is 0.833. The minimum absolute atomic E-state index is 0.180. The molecule has 10 heavy (non-hydrogen) atoms. The van der Waals surface area contributed by atoms with Gasteiger partial charge in [0.15, 0.2) is 0 Å². The van der Waals surface area contributed by atoms with Crippen molar-refractivity contribution < 1.29 is 4.92 Å². The van der Waals surface area contributed by atoms with Crippen LogP contribution in [0.3, 0.4) is 0 Å². The van der Waals surface area contributed by atoms with Crippen molar-refractivity contribution in [3.63, 3.8) is 0 Å². The van der Waals surface area contributed by atoms with Crippen LogP contribution in [0.4, 0.5) is 0 Å². The van der Waals surface area contributed by atoms with Gasteiger partial charge >= 0.3 is 0 Å². The van der Waals surface area contributed by atoms with Gasteiger partial charge in [0.05, 0.1) is 0 Å². The molecule has 1 radical (unpaired) electrons. The number of nitrogens with zero attached hydrogens (tertiary/aromatic N) is 1. The zero-order valence-corrected chi connectivity index (χ0v) is 7.13. The topological polar surface area (TPSA) is 43.1 Å².